The van der Waals surface area contributed by atoms with E-state index in [9.17, 15) is 0 Å². The van der Waals surface area contributed by atoms with Crippen LogP contribution in [0, 0.1) is 0 Å². The van der Waals surface area contributed by atoms with Crippen molar-refractivity contribution >= 4 is 0 Å². The quantitative estimate of drug-likeness (QED) is 0.686. The maximum Gasteiger partial charge on any atom is 0.0252 e. The first-order valence-electron chi connectivity index (χ1n) is 7.61. The summed E-state index contributed by atoms with van der Waals surface area (Å²) in [6.45, 7) is 11.9. The van der Waals surface area contributed by atoms with E-state index >= 15 is 0 Å². The standard InChI is InChI=1S/C15H32N2/c1-4-5-6-7-8-9-12-17-13-10-11-16-15(2,3)14-17/h16H,4-14H2,1-3H3. The third kappa shape index (κ3) is 7.05. The van der Waals surface area contributed by atoms with Gasteiger partial charge in [0.05, 0.1) is 0 Å². The van der Waals surface area contributed by atoms with Crippen molar-refractivity contribution in [2.24, 2.45) is 0 Å². The summed E-state index contributed by atoms with van der Waals surface area (Å²) in [4.78, 5) is 2.65. The smallest absolute Gasteiger partial charge is 0.0252 e. The Bertz CT molecular complexity index is 189. The summed E-state index contributed by atoms with van der Waals surface area (Å²) < 4.78 is 0. The molecule has 0 atom stereocenters. The van der Waals surface area contributed by atoms with Gasteiger partial charge < -0.3 is 10.2 Å². The zero-order valence-corrected chi connectivity index (χ0v) is 12.2. The van der Waals surface area contributed by atoms with E-state index in [4.69, 9.17) is 0 Å². The Hall–Kier alpha value is -0.0800. The average molecular weight is 240 g/mol. The van der Waals surface area contributed by atoms with Crippen molar-refractivity contribution < 1.29 is 0 Å². The van der Waals surface area contributed by atoms with Crippen LogP contribution in [0.15, 0.2) is 0 Å². The Balaban J connectivity index is 2.09. The Morgan fingerprint density at radius 3 is 2.53 bits per heavy atom. The van der Waals surface area contributed by atoms with Crippen molar-refractivity contribution in [2.75, 3.05) is 26.2 Å². The lowest BCUT2D eigenvalue weighted by atomic mass is 10.1. The van der Waals surface area contributed by atoms with Gasteiger partial charge in [-0.1, -0.05) is 39.0 Å². The number of unbranched alkanes of at least 4 members (excludes halogenated alkanes) is 5. The molecule has 0 aliphatic carbocycles. The van der Waals surface area contributed by atoms with E-state index in [1.54, 1.807) is 0 Å². The molecule has 1 aliphatic heterocycles. The largest absolute Gasteiger partial charge is 0.310 e. The van der Waals surface area contributed by atoms with E-state index in [-0.39, 0.29) is 0 Å². The van der Waals surface area contributed by atoms with Crippen LogP contribution in [0.3, 0.4) is 0 Å². The molecule has 0 aromatic carbocycles. The fourth-order valence-electron chi connectivity index (χ4n) is 2.73. The Kier molecular flexibility index (Phi) is 7.14. The maximum atomic E-state index is 3.63. The molecule has 1 saturated heterocycles. The van der Waals surface area contributed by atoms with Crippen LogP contribution in [0.4, 0.5) is 0 Å². The van der Waals surface area contributed by atoms with Gasteiger partial charge in [0.1, 0.15) is 0 Å². The molecule has 1 aliphatic rings. The highest BCUT2D eigenvalue weighted by atomic mass is 15.2. The summed E-state index contributed by atoms with van der Waals surface area (Å²) in [7, 11) is 0. The molecule has 0 amide bonds. The van der Waals surface area contributed by atoms with Gasteiger partial charge in [-0.15, -0.1) is 0 Å². The molecule has 1 fully saturated rings. The number of hydrogen-bond donors (Lipinski definition) is 1. The lowest BCUT2D eigenvalue weighted by molar-refractivity contribution is 0.226. The van der Waals surface area contributed by atoms with Gasteiger partial charge >= 0.3 is 0 Å². The number of hydrogen-bond acceptors (Lipinski definition) is 2. The molecule has 0 aromatic heterocycles. The van der Waals surface area contributed by atoms with Crippen molar-refractivity contribution in [3.05, 3.63) is 0 Å². The monoisotopic (exact) mass is 240 g/mol. The van der Waals surface area contributed by atoms with Crippen LogP contribution in [0.5, 0.6) is 0 Å². The van der Waals surface area contributed by atoms with Crippen LogP contribution in [-0.4, -0.2) is 36.6 Å². The van der Waals surface area contributed by atoms with Gasteiger partial charge in [0.25, 0.3) is 0 Å². The number of nitrogens with one attached hydrogen (secondary N) is 1. The molecule has 102 valence electrons. The second kappa shape index (κ2) is 8.10. The van der Waals surface area contributed by atoms with Gasteiger partial charge in [-0.2, -0.15) is 0 Å². The minimum atomic E-state index is 0.304. The van der Waals surface area contributed by atoms with Crippen molar-refractivity contribution in [3.8, 4) is 0 Å². The van der Waals surface area contributed by atoms with E-state index in [1.165, 1.54) is 71.1 Å². The van der Waals surface area contributed by atoms with Gasteiger partial charge in [0, 0.05) is 12.1 Å². The van der Waals surface area contributed by atoms with E-state index in [0.717, 1.165) is 0 Å². The normalized spacial score (nSPS) is 21.4. The lowest BCUT2D eigenvalue weighted by Gasteiger charge is -2.30. The van der Waals surface area contributed by atoms with Crippen LogP contribution < -0.4 is 5.32 Å². The molecule has 1 N–H and O–H groups in total. The zero-order valence-electron chi connectivity index (χ0n) is 12.2. The second-order valence-electron chi connectivity index (χ2n) is 6.21. The fourth-order valence-corrected chi connectivity index (χ4v) is 2.73. The van der Waals surface area contributed by atoms with Crippen LogP contribution in [0.2, 0.25) is 0 Å². The molecule has 17 heavy (non-hydrogen) atoms. The summed E-state index contributed by atoms with van der Waals surface area (Å²) in [6, 6.07) is 0. The third-order valence-corrected chi connectivity index (χ3v) is 3.70. The average Bonchev–Trinajstić information content (AvgIpc) is 2.44. The molecule has 1 heterocycles. The molecule has 0 saturated carbocycles. The third-order valence-electron chi connectivity index (χ3n) is 3.70. The predicted molar refractivity (Wildman–Crippen MR) is 76.5 cm³/mol. The van der Waals surface area contributed by atoms with E-state index in [0.29, 0.717) is 5.54 Å². The Morgan fingerprint density at radius 1 is 1.06 bits per heavy atom. The van der Waals surface area contributed by atoms with Crippen LogP contribution >= 0.6 is 0 Å². The highest BCUT2D eigenvalue weighted by molar-refractivity contribution is 4.84. The van der Waals surface area contributed by atoms with Crippen LogP contribution in [0.1, 0.15) is 65.7 Å². The summed E-state index contributed by atoms with van der Waals surface area (Å²) in [6.07, 6.45) is 9.75. The summed E-state index contributed by atoms with van der Waals surface area (Å²) in [5.41, 5.74) is 0.304. The van der Waals surface area contributed by atoms with Gasteiger partial charge in [0.15, 0.2) is 0 Å². The van der Waals surface area contributed by atoms with Gasteiger partial charge in [0.2, 0.25) is 0 Å². The summed E-state index contributed by atoms with van der Waals surface area (Å²) in [5, 5.41) is 3.63. The number of nitrogens with zero attached hydrogens (tertiary/aromatic N) is 1. The van der Waals surface area contributed by atoms with Crippen molar-refractivity contribution in [3.63, 3.8) is 0 Å². The highest BCUT2D eigenvalue weighted by Crippen LogP contribution is 2.12. The second-order valence-corrected chi connectivity index (χ2v) is 6.21. The molecule has 0 unspecified atom stereocenters. The molecule has 0 spiro atoms. The van der Waals surface area contributed by atoms with Gasteiger partial charge in [-0.3, -0.25) is 0 Å². The molecule has 2 heteroatoms. The topological polar surface area (TPSA) is 15.3 Å². The van der Waals surface area contributed by atoms with Gasteiger partial charge in [-0.05, 0) is 46.3 Å². The van der Waals surface area contributed by atoms with Crippen LogP contribution in [0.25, 0.3) is 0 Å². The maximum absolute atomic E-state index is 3.63. The Labute approximate surface area is 108 Å². The minimum Gasteiger partial charge on any atom is -0.310 e. The SMILES string of the molecule is CCCCCCCCN1CCCNC(C)(C)C1. The predicted octanol–water partition coefficient (Wildman–Crippen LogP) is 3.42. The van der Waals surface area contributed by atoms with Gasteiger partial charge in [-0.25, -0.2) is 0 Å². The first-order chi connectivity index (χ1) is 8.14. The fraction of sp³-hybridized carbons (Fsp3) is 1.00. The molecule has 1 rings (SSSR count). The molecular weight excluding hydrogens is 208 g/mol. The highest BCUT2D eigenvalue weighted by Gasteiger charge is 2.23. The first kappa shape index (κ1) is 15.0. The summed E-state index contributed by atoms with van der Waals surface area (Å²) in [5.74, 6) is 0. The molecule has 2 nitrogen and oxygen atoms in total. The van der Waals surface area contributed by atoms with Crippen LogP contribution in [-0.2, 0) is 0 Å². The molecular formula is C15H32N2. The van der Waals surface area contributed by atoms with E-state index in [2.05, 4.69) is 31.0 Å². The lowest BCUT2D eigenvalue weighted by Crippen LogP contribution is -2.46. The molecule has 0 bridgehead atoms. The van der Waals surface area contributed by atoms with E-state index in [1.807, 2.05) is 0 Å². The number of rotatable bonds is 7. The zero-order chi connectivity index (χ0) is 12.6. The van der Waals surface area contributed by atoms with Crippen molar-refractivity contribution in [2.45, 2.75) is 71.3 Å². The van der Waals surface area contributed by atoms with E-state index < -0.39 is 0 Å². The van der Waals surface area contributed by atoms with Crippen molar-refractivity contribution in [1.82, 2.24) is 10.2 Å². The Morgan fingerprint density at radius 2 is 1.76 bits per heavy atom. The minimum absolute atomic E-state index is 0.304. The molecule has 0 radical (unpaired) electrons. The molecule has 0 aromatic rings. The first-order valence-corrected chi connectivity index (χ1v) is 7.61. The summed E-state index contributed by atoms with van der Waals surface area (Å²) >= 11 is 0. The van der Waals surface area contributed by atoms with Crippen molar-refractivity contribution in [1.29, 1.82) is 0 Å².